The minimum atomic E-state index is -0.373. The van der Waals surface area contributed by atoms with Crippen molar-refractivity contribution in [3.05, 3.63) is 12.2 Å². The Morgan fingerprint density at radius 3 is 1.88 bits per heavy atom. The van der Waals surface area contributed by atoms with E-state index >= 15 is 0 Å². The Balaban J connectivity index is 1.79. The van der Waals surface area contributed by atoms with E-state index in [1.165, 1.54) is 12.2 Å². The minimum Gasteiger partial charge on any atom is -0.379 e. The van der Waals surface area contributed by atoms with Crippen LogP contribution in [0.25, 0.3) is 0 Å². The molecule has 0 aliphatic carbocycles. The fourth-order valence-electron chi connectivity index (χ4n) is 3.45. The van der Waals surface area contributed by atoms with Crippen LogP contribution in [0.3, 0.4) is 0 Å². The molecule has 0 unspecified atom stereocenters. The number of nitrogens with zero attached hydrogens (tertiary/aromatic N) is 1. The molecule has 0 bridgehead atoms. The second-order valence-corrected chi connectivity index (χ2v) is 13.6. The molecule has 0 atom stereocenters. The quantitative estimate of drug-likeness (QED) is 0.0726. The van der Waals surface area contributed by atoms with Crippen molar-refractivity contribution >= 4 is 50.9 Å². The van der Waals surface area contributed by atoms with Crippen LogP contribution in [0, 0.1) is 0 Å². The van der Waals surface area contributed by atoms with Crippen molar-refractivity contribution in [2.24, 2.45) is 0 Å². The van der Waals surface area contributed by atoms with Gasteiger partial charge in [-0.05, 0) is 33.1 Å². The maximum absolute atomic E-state index is 12.0. The first-order valence-corrected chi connectivity index (χ1v) is 17.4. The predicted octanol–water partition coefficient (Wildman–Crippen LogP) is 3.53. The zero-order chi connectivity index (χ0) is 31.8. The zero-order valence-corrected chi connectivity index (χ0v) is 27.7. The van der Waals surface area contributed by atoms with Gasteiger partial charge in [-0.15, -0.1) is 0 Å². The summed E-state index contributed by atoms with van der Waals surface area (Å²) in [7, 11) is 3.55. The summed E-state index contributed by atoms with van der Waals surface area (Å²) in [6.07, 6.45) is 6.48. The minimum absolute atomic E-state index is 0.0101. The predicted molar refractivity (Wildman–Crippen MR) is 169 cm³/mol. The van der Waals surface area contributed by atoms with E-state index in [4.69, 9.17) is 18.9 Å². The van der Waals surface area contributed by atoms with E-state index in [0.717, 1.165) is 17.1 Å². The first-order valence-electron chi connectivity index (χ1n) is 15.1. The first-order chi connectivity index (χ1) is 20.6. The second-order valence-electron chi connectivity index (χ2n) is 10.5. The van der Waals surface area contributed by atoms with E-state index in [0.29, 0.717) is 97.9 Å². The van der Waals surface area contributed by atoms with Crippen molar-refractivity contribution in [2.45, 2.75) is 76.9 Å². The Kier molecular flexibility index (Phi) is 22.4. The summed E-state index contributed by atoms with van der Waals surface area (Å²) in [6, 6.07) is 0. The van der Waals surface area contributed by atoms with E-state index in [2.05, 4.69) is 26.1 Å². The molecule has 1 aliphatic rings. The molecule has 0 aromatic heterocycles. The van der Waals surface area contributed by atoms with Gasteiger partial charge in [-0.2, -0.15) is 0 Å². The number of carbonyl (C=O) groups is 5. The number of rotatable bonds is 29. The zero-order valence-electron chi connectivity index (χ0n) is 26.0. The maximum atomic E-state index is 12.0. The van der Waals surface area contributed by atoms with Crippen LogP contribution in [-0.4, -0.2) is 111 Å². The molecule has 1 heterocycles. The van der Waals surface area contributed by atoms with Gasteiger partial charge in [-0.1, -0.05) is 28.5 Å². The monoisotopic (exact) mass is 646 g/mol. The van der Waals surface area contributed by atoms with Crippen molar-refractivity contribution < 1.29 is 42.9 Å². The number of carbonyl (C=O) groups excluding carboxylic acids is 5. The highest BCUT2D eigenvalue weighted by molar-refractivity contribution is 8.77. The van der Waals surface area contributed by atoms with Gasteiger partial charge >= 0.3 is 0 Å². The molecule has 0 aromatic rings. The lowest BCUT2D eigenvalue weighted by atomic mass is 10.1. The highest BCUT2D eigenvalue weighted by Gasteiger charge is 2.23. The highest BCUT2D eigenvalue weighted by Crippen LogP contribution is 2.37. The van der Waals surface area contributed by atoms with Crippen molar-refractivity contribution in [1.29, 1.82) is 0 Å². The first kappa shape index (κ1) is 39.3. The van der Waals surface area contributed by atoms with Crippen LogP contribution in [0.15, 0.2) is 12.2 Å². The molecule has 0 saturated carbocycles. The van der Waals surface area contributed by atoms with E-state index in [9.17, 15) is 24.0 Å². The van der Waals surface area contributed by atoms with Gasteiger partial charge in [-0.25, -0.2) is 0 Å². The van der Waals surface area contributed by atoms with E-state index < -0.39 is 0 Å². The molecule has 246 valence electrons. The van der Waals surface area contributed by atoms with Crippen molar-refractivity contribution in [3.63, 3.8) is 0 Å². The average Bonchev–Trinajstić information content (AvgIpc) is 3.30. The fourth-order valence-corrected chi connectivity index (χ4v) is 6.05. The van der Waals surface area contributed by atoms with Gasteiger partial charge in [0.05, 0.1) is 46.2 Å². The highest BCUT2D eigenvalue weighted by atomic mass is 33.1. The summed E-state index contributed by atoms with van der Waals surface area (Å²) in [5.41, 5.74) is 0. The lowest BCUT2D eigenvalue weighted by Gasteiger charge is -2.20. The topological polar surface area (TPSA) is 138 Å². The molecule has 1 rings (SSSR count). The van der Waals surface area contributed by atoms with Crippen molar-refractivity contribution in [1.82, 2.24) is 10.2 Å². The summed E-state index contributed by atoms with van der Waals surface area (Å²) in [5, 5.41) is 2.88. The third-order valence-electron chi connectivity index (χ3n) is 6.40. The second kappa shape index (κ2) is 24.5. The molecule has 3 amide bonds. The van der Waals surface area contributed by atoms with Gasteiger partial charge in [0.1, 0.15) is 11.6 Å². The third kappa shape index (κ3) is 21.6. The number of ether oxygens (including phenoxy) is 4. The number of hydrogen-bond acceptors (Lipinski definition) is 11. The number of ketones is 2. The van der Waals surface area contributed by atoms with Crippen molar-refractivity contribution in [2.75, 3.05) is 71.7 Å². The third-order valence-corrected chi connectivity index (χ3v) is 9.84. The van der Waals surface area contributed by atoms with Crippen LogP contribution in [0.4, 0.5) is 0 Å². The number of hydrogen-bond donors (Lipinski definition) is 1. The number of nitrogens with one attached hydrogen (secondary N) is 1. The summed E-state index contributed by atoms with van der Waals surface area (Å²) < 4.78 is 22.0. The van der Waals surface area contributed by atoms with E-state index in [1.54, 1.807) is 10.8 Å². The molecular weight excluding hydrogens is 596 g/mol. The average molecular weight is 647 g/mol. The molecule has 1 aliphatic heterocycles. The number of imide groups is 1. The fraction of sp³-hybridized carbons (Fsp3) is 0.767. The molecule has 1 N–H and O–H groups in total. The van der Waals surface area contributed by atoms with Gasteiger partial charge in [0.2, 0.25) is 5.91 Å². The molecular formula is C30H50N2O9S2. The molecule has 0 radical (unpaired) electrons. The molecule has 11 nitrogen and oxygen atoms in total. The van der Waals surface area contributed by atoms with E-state index in [1.807, 2.05) is 10.8 Å². The normalized spacial score (nSPS) is 13.2. The Bertz CT molecular complexity index is 866. The summed E-state index contributed by atoms with van der Waals surface area (Å²) in [5.74, 6) is 0.178. The van der Waals surface area contributed by atoms with Gasteiger partial charge in [0.25, 0.3) is 11.8 Å². The van der Waals surface area contributed by atoms with Crippen LogP contribution in [-0.2, 0) is 42.9 Å². The molecule has 43 heavy (non-hydrogen) atoms. The molecule has 0 fully saturated rings. The smallest absolute Gasteiger partial charge is 0.253 e. The number of amides is 3. The van der Waals surface area contributed by atoms with Crippen LogP contribution in [0.1, 0.15) is 72.1 Å². The van der Waals surface area contributed by atoms with Crippen LogP contribution in [0.2, 0.25) is 0 Å². The Morgan fingerprint density at radius 1 is 0.744 bits per heavy atom. The summed E-state index contributed by atoms with van der Waals surface area (Å²) in [6.45, 7) is 10.5. The summed E-state index contributed by atoms with van der Waals surface area (Å²) >= 11 is 0. The van der Waals surface area contributed by atoms with Crippen LogP contribution < -0.4 is 5.32 Å². The Labute approximate surface area is 264 Å². The SMILES string of the molecule is CCC(C)(C)SSCCC(=O)NCCCC(=O)CCOCCOCCOCCOCCCC(=O)CCN1C(=O)C=CC1=O. The van der Waals surface area contributed by atoms with Gasteiger partial charge in [-0.3, -0.25) is 28.9 Å². The van der Waals surface area contributed by atoms with Gasteiger partial charge < -0.3 is 24.3 Å². The standard InChI is InChI=1S/C30H50N2O9S2/c1-4-30(2,3)43-42-24-13-27(35)31-14-5-7-26(34)12-17-39-19-21-41-23-22-40-20-18-38-16-6-8-25(33)11-15-32-28(36)9-10-29(32)37/h9-10H,4-8,11-24H2,1-3H3,(H,31,35). The molecule has 0 spiro atoms. The summed E-state index contributed by atoms with van der Waals surface area (Å²) in [4.78, 5) is 59.7. The van der Waals surface area contributed by atoms with Crippen LogP contribution in [0.5, 0.6) is 0 Å². The Morgan fingerprint density at radius 2 is 1.28 bits per heavy atom. The Hall–Kier alpha value is -1.77. The van der Waals surface area contributed by atoms with Crippen molar-refractivity contribution in [3.8, 4) is 0 Å². The number of Topliss-reactive ketones (excluding diaryl/α,β-unsaturated/α-hetero) is 2. The van der Waals surface area contributed by atoms with E-state index in [-0.39, 0.29) is 47.0 Å². The largest absolute Gasteiger partial charge is 0.379 e. The lowest BCUT2D eigenvalue weighted by molar-refractivity contribution is -0.137. The lowest BCUT2D eigenvalue weighted by Crippen LogP contribution is -2.32. The van der Waals surface area contributed by atoms with Gasteiger partial charge in [0, 0.05) is 74.5 Å². The van der Waals surface area contributed by atoms with Gasteiger partial charge in [0.15, 0.2) is 0 Å². The molecule has 0 aromatic carbocycles. The molecule has 0 saturated heterocycles. The van der Waals surface area contributed by atoms with Crippen LogP contribution >= 0.6 is 21.6 Å². The maximum Gasteiger partial charge on any atom is 0.253 e. The molecule has 13 heteroatoms.